The molecule has 1 fully saturated rings. The van der Waals surface area contributed by atoms with Gasteiger partial charge in [-0.3, -0.25) is 0 Å². The predicted octanol–water partition coefficient (Wildman–Crippen LogP) is 3.83. The van der Waals surface area contributed by atoms with Crippen LogP contribution in [-0.2, 0) is 11.3 Å². The minimum Gasteiger partial charge on any atom is -0.444 e. The van der Waals surface area contributed by atoms with Crippen molar-refractivity contribution in [2.75, 3.05) is 6.54 Å². The molecule has 1 amide bonds. The number of likely N-dealkylation sites (tertiary alicyclic amines) is 1. The first-order valence-corrected chi connectivity index (χ1v) is 8.43. The summed E-state index contributed by atoms with van der Waals surface area (Å²) in [5.74, 6) is 0. The van der Waals surface area contributed by atoms with Gasteiger partial charge in [0.05, 0.1) is 12.1 Å². The topological polar surface area (TPSA) is 53.0 Å². The van der Waals surface area contributed by atoms with Gasteiger partial charge >= 0.3 is 6.09 Å². The molecule has 2 atom stereocenters. The second-order valence-electron chi connectivity index (χ2n) is 7.19. The Morgan fingerprint density at radius 3 is 2.71 bits per heavy atom. The third kappa shape index (κ3) is 4.82. The summed E-state index contributed by atoms with van der Waals surface area (Å²) in [6.07, 6.45) is 3.09. The number of carbonyl (C=O) groups is 1. The molecule has 1 aliphatic heterocycles. The average molecular weight is 332 g/mol. The lowest BCUT2D eigenvalue weighted by Crippen LogP contribution is -2.49. The molecule has 132 valence electrons. The van der Waals surface area contributed by atoms with E-state index in [2.05, 4.69) is 6.58 Å². The SMILES string of the molecule is C=C[C@@H]([C@@H]1CCCN1C(=O)OC(C)(C)C)N(O)Cc1ccccc1. The molecule has 1 saturated heterocycles. The van der Waals surface area contributed by atoms with E-state index in [1.54, 1.807) is 11.0 Å². The molecule has 5 nitrogen and oxygen atoms in total. The molecule has 0 aromatic heterocycles. The van der Waals surface area contributed by atoms with Crippen molar-refractivity contribution in [3.05, 3.63) is 48.6 Å². The maximum absolute atomic E-state index is 12.4. The van der Waals surface area contributed by atoms with Crippen molar-refractivity contribution < 1.29 is 14.7 Å². The summed E-state index contributed by atoms with van der Waals surface area (Å²) in [5, 5.41) is 11.8. The number of rotatable bonds is 5. The fraction of sp³-hybridized carbons (Fsp3) is 0.526. The lowest BCUT2D eigenvalue weighted by atomic mass is 10.0. The highest BCUT2D eigenvalue weighted by Gasteiger charge is 2.38. The van der Waals surface area contributed by atoms with Crippen LogP contribution in [0.25, 0.3) is 0 Å². The average Bonchev–Trinajstić information content (AvgIpc) is 2.96. The van der Waals surface area contributed by atoms with Gasteiger partial charge in [-0.2, -0.15) is 5.06 Å². The Kier molecular flexibility index (Phi) is 6.02. The molecule has 0 saturated carbocycles. The minimum absolute atomic E-state index is 0.133. The second kappa shape index (κ2) is 7.81. The van der Waals surface area contributed by atoms with Crippen LogP contribution in [-0.4, -0.2) is 45.5 Å². The van der Waals surface area contributed by atoms with Crippen LogP contribution >= 0.6 is 0 Å². The van der Waals surface area contributed by atoms with Crippen molar-refractivity contribution in [1.82, 2.24) is 9.96 Å². The van der Waals surface area contributed by atoms with Gasteiger partial charge in [0.25, 0.3) is 0 Å². The van der Waals surface area contributed by atoms with Crippen molar-refractivity contribution >= 4 is 6.09 Å². The van der Waals surface area contributed by atoms with Gasteiger partial charge in [0.2, 0.25) is 0 Å². The minimum atomic E-state index is -0.531. The van der Waals surface area contributed by atoms with Crippen molar-refractivity contribution in [3.8, 4) is 0 Å². The summed E-state index contributed by atoms with van der Waals surface area (Å²) in [6.45, 7) is 10.5. The van der Waals surface area contributed by atoms with Crippen molar-refractivity contribution in [2.24, 2.45) is 0 Å². The van der Waals surface area contributed by atoms with Gasteiger partial charge in [0, 0.05) is 13.1 Å². The highest BCUT2D eigenvalue weighted by molar-refractivity contribution is 5.69. The first-order valence-electron chi connectivity index (χ1n) is 8.43. The summed E-state index contributed by atoms with van der Waals surface area (Å²) in [7, 11) is 0. The van der Waals surface area contributed by atoms with Gasteiger partial charge < -0.3 is 14.8 Å². The number of hydroxylamine groups is 2. The normalized spacial score (nSPS) is 19.4. The molecule has 5 heteroatoms. The van der Waals surface area contributed by atoms with E-state index in [1.807, 2.05) is 51.1 Å². The maximum atomic E-state index is 12.4. The molecule has 1 aliphatic rings. The van der Waals surface area contributed by atoms with Crippen LogP contribution in [0.5, 0.6) is 0 Å². The van der Waals surface area contributed by atoms with E-state index in [4.69, 9.17) is 4.74 Å². The van der Waals surface area contributed by atoms with Crippen LogP contribution in [0.15, 0.2) is 43.0 Å². The van der Waals surface area contributed by atoms with Crippen LogP contribution in [0.4, 0.5) is 4.79 Å². The fourth-order valence-corrected chi connectivity index (χ4v) is 3.05. The maximum Gasteiger partial charge on any atom is 0.410 e. The Morgan fingerprint density at radius 1 is 1.46 bits per heavy atom. The lowest BCUT2D eigenvalue weighted by molar-refractivity contribution is -0.136. The predicted molar refractivity (Wildman–Crippen MR) is 93.7 cm³/mol. The summed E-state index contributed by atoms with van der Waals surface area (Å²) < 4.78 is 5.50. The van der Waals surface area contributed by atoms with E-state index in [1.165, 1.54) is 5.06 Å². The molecular weight excluding hydrogens is 304 g/mol. The number of amides is 1. The molecule has 1 aromatic carbocycles. The Morgan fingerprint density at radius 2 is 2.12 bits per heavy atom. The molecule has 0 spiro atoms. The second-order valence-corrected chi connectivity index (χ2v) is 7.19. The molecule has 0 aliphatic carbocycles. The number of hydrogen-bond donors (Lipinski definition) is 1. The van der Waals surface area contributed by atoms with Gasteiger partial charge in [-0.05, 0) is 39.2 Å². The third-order valence-electron chi connectivity index (χ3n) is 4.09. The zero-order chi connectivity index (χ0) is 17.7. The van der Waals surface area contributed by atoms with E-state index >= 15 is 0 Å². The standard InChI is InChI=1S/C19H28N2O3/c1-5-16(21(23)14-15-10-7-6-8-11-15)17-12-9-13-20(17)18(22)24-19(2,3)4/h5-8,10-11,16-17,23H,1,9,12-14H2,2-4H3/t16-,17-/m0/s1. The fourth-order valence-electron chi connectivity index (χ4n) is 3.05. The summed E-state index contributed by atoms with van der Waals surface area (Å²) in [4.78, 5) is 14.2. The van der Waals surface area contributed by atoms with Crippen molar-refractivity contribution in [2.45, 2.75) is 57.8 Å². The molecule has 0 bridgehead atoms. The molecule has 1 heterocycles. The molecule has 24 heavy (non-hydrogen) atoms. The monoisotopic (exact) mass is 332 g/mol. The number of carbonyl (C=O) groups excluding carboxylic acids is 1. The molecule has 0 unspecified atom stereocenters. The number of nitrogens with zero attached hydrogens (tertiary/aromatic N) is 2. The number of ether oxygens (including phenoxy) is 1. The van der Waals surface area contributed by atoms with Gasteiger partial charge in [-0.1, -0.05) is 36.4 Å². The highest BCUT2D eigenvalue weighted by atomic mass is 16.6. The lowest BCUT2D eigenvalue weighted by Gasteiger charge is -2.35. The van der Waals surface area contributed by atoms with Gasteiger partial charge in [-0.15, -0.1) is 6.58 Å². The molecule has 1 N–H and O–H groups in total. The Labute approximate surface area is 144 Å². The van der Waals surface area contributed by atoms with Crippen molar-refractivity contribution in [1.29, 1.82) is 0 Å². The first kappa shape index (κ1) is 18.5. The Bertz CT molecular complexity index is 553. The van der Waals surface area contributed by atoms with Crippen LogP contribution < -0.4 is 0 Å². The quantitative estimate of drug-likeness (QED) is 0.658. The van der Waals surface area contributed by atoms with Crippen molar-refractivity contribution in [3.63, 3.8) is 0 Å². The highest BCUT2D eigenvalue weighted by Crippen LogP contribution is 2.26. The van der Waals surface area contributed by atoms with Gasteiger partial charge in [0.1, 0.15) is 5.60 Å². The molecular formula is C19H28N2O3. The molecule has 1 aromatic rings. The zero-order valence-corrected chi connectivity index (χ0v) is 14.8. The largest absolute Gasteiger partial charge is 0.444 e. The van der Waals surface area contributed by atoms with E-state index in [9.17, 15) is 10.0 Å². The van der Waals surface area contributed by atoms with E-state index in [-0.39, 0.29) is 18.2 Å². The molecule has 2 rings (SSSR count). The van der Waals surface area contributed by atoms with E-state index < -0.39 is 5.60 Å². The summed E-state index contributed by atoms with van der Waals surface area (Å²) in [6, 6.07) is 9.28. The Hall–Kier alpha value is -1.85. The summed E-state index contributed by atoms with van der Waals surface area (Å²) in [5.41, 5.74) is 0.477. The number of hydrogen-bond acceptors (Lipinski definition) is 4. The number of benzene rings is 1. The van der Waals surface area contributed by atoms with E-state index in [0.717, 1.165) is 18.4 Å². The zero-order valence-electron chi connectivity index (χ0n) is 14.8. The van der Waals surface area contributed by atoms with Crippen LogP contribution in [0.3, 0.4) is 0 Å². The van der Waals surface area contributed by atoms with Gasteiger partial charge in [0.15, 0.2) is 0 Å². The molecule has 0 radical (unpaired) electrons. The first-order chi connectivity index (χ1) is 11.3. The van der Waals surface area contributed by atoms with Crippen LogP contribution in [0.2, 0.25) is 0 Å². The van der Waals surface area contributed by atoms with Gasteiger partial charge in [-0.25, -0.2) is 4.79 Å². The van der Waals surface area contributed by atoms with Crippen LogP contribution in [0.1, 0.15) is 39.2 Å². The summed E-state index contributed by atoms with van der Waals surface area (Å²) >= 11 is 0. The third-order valence-corrected chi connectivity index (χ3v) is 4.09. The Balaban J connectivity index is 2.07. The van der Waals surface area contributed by atoms with E-state index in [0.29, 0.717) is 13.1 Å². The smallest absolute Gasteiger partial charge is 0.410 e. The van der Waals surface area contributed by atoms with Crippen LogP contribution in [0, 0.1) is 0 Å².